The summed E-state index contributed by atoms with van der Waals surface area (Å²) in [7, 11) is 1.42. The SMILES string of the molecule is CCN(C(=O)C(CSC)=NOC)c1sc(-c2cccnc2)nc1Cl. The molecule has 2 rings (SSSR count). The molecule has 0 aliphatic rings. The van der Waals surface area contributed by atoms with Gasteiger partial charge >= 0.3 is 0 Å². The van der Waals surface area contributed by atoms with Crippen molar-refractivity contribution in [3.8, 4) is 10.6 Å². The van der Waals surface area contributed by atoms with E-state index in [1.165, 1.54) is 30.2 Å². The van der Waals surface area contributed by atoms with Crippen molar-refractivity contribution < 1.29 is 9.63 Å². The molecule has 2 aromatic heterocycles. The third-order valence-electron chi connectivity index (χ3n) is 3.01. The highest BCUT2D eigenvalue weighted by atomic mass is 35.5. The van der Waals surface area contributed by atoms with E-state index < -0.39 is 0 Å². The van der Waals surface area contributed by atoms with Gasteiger partial charge in [0.05, 0.1) is 0 Å². The Balaban J connectivity index is 2.36. The first-order valence-corrected chi connectivity index (χ1v) is 9.68. The topological polar surface area (TPSA) is 67.7 Å². The van der Waals surface area contributed by atoms with Crippen LogP contribution in [0, 0.1) is 0 Å². The Kier molecular flexibility index (Phi) is 7.01. The fourth-order valence-corrected chi connectivity index (χ4v) is 3.79. The van der Waals surface area contributed by atoms with Gasteiger partial charge in [0, 0.05) is 30.3 Å². The molecule has 1 amide bonds. The van der Waals surface area contributed by atoms with Crippen molar-refractivity contribution in [1.29, 1.82) is 0 Å². The summed E-state index contributed by atoms with van der Waals surface area (Å²) in [6, 6.07) is 3.73. The molecule has 0 saturated heterocycles. The zero-order valence-corrected chi connectivity index (χ0v) is 15.9. The molecule has 0 N–H and O–H groups in total. The van der Waals surface area contributed by atoms with Gasteiger partial charge < -0.3 is 4.84 Å². The highest BCUT2D eigenvalue weighted by Crippen LogP contribution is 2.37. The van der Waals surface area contributed by atoms with Crippen LogP contribution in [-0.2, 0) is 9.63 Å². The number of hydrogen-bond donors (Lipinski definition) is 0. The number of thiazole rings is 1. The molecule has 0 saturated carbocycles. The van der Waals surface area contributed by atoms with Gasteiger partial charge in [-0.3, -0.25) is 14.7 Å². The molecule has 2 heterocycles. The standard InChI is InChI=1S/C15H17ClN4O2S2/c1-4-20(14(21)11(9-23-3)19-22-2)15-12(16)18-13(24-15)10-6-5-7-17-8-10/h5-8H,4,9H2,1-3H3. The van der Waals surface area contributed by atoms with Crippen LogP contribution in [0.5, 0.6) is 0 Å². The minimum atomic E-state index is -0.239. The van der Waals surface area contributed by atoms with Crippen molar-refractivity contribution in [2.75, 3.05) is 30.6 Å². The van der Waals surface area contributed by atoms with Crippen LogP contribution in [0.3, 0.4) is 0 Å². The molecule has 0 aromatic carbocycles. The first-order valence-electron chi connectivity index (χ1n) is 7.09. The molecule has 2 aromatic rings. The summed E-state index contributed by atoms with van der Waals surface area (Å²) in [4.78, 5) is 27.6. The lowest BCUT2D eigenvalue weighted by Crippen LogP contribution is -2.37. The van der Waals surface area contributed by atoms with Crippen molar-refractivity contribution >= 4 is 51.3 Å². The molecule has 6 nitrogen and oxygen atoms in total. The molecule has 0 fully saturated rings. The summed E-state index contributed by atoms with van der Waals surface area (Å²) < 4.78 is 0. The second-order valence-corrected chi connectivity index (χ2v) is 6.76. The number of halogens is 1. The maximum Gasteiger partial charge on any atom is 0.277 e. The zero-order chi connectivity index (χ0) is 17.5. The van der Waals surface area contributed by atoms with E-state index in [4.69, 9.17) is 16.4 Å². The van der Waals surface area contributed by atoms with Crippen molar-refractivity contribution in [1.82, 2.24) is 9.97 Å². The maximum absolute atomic E-state index is 12.8. The minimum absolute atomic E-state index is 0.239. The largest absolute Gasteiger partial charge is 0.399 e. The molecule has 0 aliphatic carbocycles. The lowest BCUT2D eigenvalue weighted by molar-refractivity contribution is -0.112. The lowest BCUT2D eigenvalue weighted by Gasteiger charge is -2.19. The van der Waals surface area contributed by atoms with Crippen LogP contribution in [0.25, 0.3) is 10.6 Å². The van der Waals surface area contributed by atoms with Gasteiger partial charge in [0.2, 0.25) is 0 Å². The van der Waals surface area contributed by atoms with Crippen molar-refractivity contribution in [3.63, 3.8) is 0 Å². The summed E-state index contributed by atoms with van der Waals surface area (Å²) in [6.07, 6.45) is 5.30. The minimum Gasteiger partial charge on any atom is -0.399 e. The van der Waals surface area contributed by atoms with Crippen LogP contribution in [0.15, 0.2) is 29.7 Å². The number of carbonyl (C=O) groups is 1. The molecule has 0 aliphatic heterocycles. The predicted molar refractivity (Wildman–Crippen MR) is 101 cm³/mol. The Bertz CT molecular complexity index is 722. The van der Waals surface area contributed by atoms with Gasteiger partial charge in [-0.1, -0.05) is 28.1 Å². The van der Waals surface area contributed by atoms with Crippen LogP contribution >= 0.6 is 34.7 Å². The Morgan fingerprint density at radius 3 is 2.92 bits per heavy atom. The molecule has 0 unspecified atom stereocenters. The van der Waals surface area contributed by atoms with Gasteiger partial charge in [0.1, 0.15) is 17.1 Å². The summed E-state index contributed by atoms with van der Waals surface area (Å²) in [5.74, 6) is 0.215. The monoisotopic (exact) mass is 384 g/mol. The predicted octanol–water partition coefficient (Wildman–Crippen LogP) is 3.58. The van der Waals surface area contributed by atoms with Gasteiger partial charge in [0.15, 0.2) is 10.9 Å². The van der Waals surface area contributed by atoms with E-state index in [1.54, 1.807) is 17.3 Å². The van der Waals surface area contributed by atoms with E-state index in [9.17, 15) is 4.79 Å². The normalized spacial score (nSPS) is 11.4. The number of amides is 1. The molecular weight excluding hydrogens is 368 g/mol. The molecule has 0 radical (unpaired) electrons. The second kappa shape index (κ2) is 9.00. The lowest BCUT2D eigenvalue weighted by atomic mass is 10.3. The fourth-order valence-electron chi connectivity index (χ4n) is 1.98. The number of oxime groups is 1. The number of rotatable bonds is 7. The van der Waals surface area contributed by atoms with E-state index in [1.807, 2.05) is 25.3 Å². The van der Waals surface area contributed by atoms with Gasteiger partial charge in [-0.15, -0.1) is 0 Å². The van der Waals surface area contributed by atoms with Crippen molar-refractivity contribution in [2.45, 2.75) is 6.92 Å². The van der Waals surface area contributed by atoms with Crippen LogP contribution in [0.2, 0.25) is 5.15 Å². The fraction of sp³-hybridized carbons (Fsp3) is 0.333. The number of aromatic nitrogens is 2. The molecule has 0 atom stereocenters. The molecule has 24 heavy (non-hydrogen) atoms. The van der Waals surface area contributed by atoms with Crippen LogP contribution in [0.1, 0.15) is 6.92 Å². The third-order valence-corrected chi connectivity index (χ3v) is 5.08. The Labute approximate surface area is 153 Å². The first-order chi connectivity index (χ1) is 11.6. The van der Waals surface area contributed by atoms with Gasteiger partial charge in [-0.2, -0.15) is 11.8 Å². The van der Waals surface area contributed by atoms with E-state index >= 15 is 0 Å². The van der Waals surface area contributed by atoms with E-state index in [2.05, 4.69) is 15.1 Å². The highest BCUT2D eigenvalue weighted by Gasteiger charge is 2.25. The Hall–Kier alpha value is -1.64. The number of thioether (sulfide) groups is 1. The Morgan fingerprint density at radius 2 is 2.33 bits per heavy atom. The van der Waals surface area contributed by atoms with Gasteiger partial charge in [0.25, 0.3) is 5.91 Å². The smallest absolute Gasteiger partial charge is 0.277 e. The number of carbonyl (C=O) groups excluding carboxylic acids is 1. The summed E-state index contributed by atoms with van der Waals surface area (Å²) in [5.41, 5.74) is 1.19. The number of pyridine rings is 1. The molecule has 0 bridgehead atoms. The van der Waals surface area contributed by atoms with Gasteiger partial charge in [-0.25, -0.2) is 4.98 Å². The second-order valence-electron chi connectivity index (χ2n) is 4.56. The number of anilines is 1. The first kappa shape index (κ1) is 18.7. The quantitative estimate of drug-likeness (QED) is 0.539. The zero-order valence-electron chi connectivity index (χ0n) is 13.5. The summed E-state index contributed by atoms with van der Waals surface area (Å²) in [6.45, 7) is 2.32. The van der Waals surface area contributed by atoms with E-state index in [0.29, 0.717) is 28.0 Å². The van der Waals surface area contributed by atoms with Crippen LogP contribution < -0.4 is 4.90 Å². The van der Waals surface area contributed by atoms with E-state index in [-0.39, 0.29) is 11.1 Å². The Morgan fingerprint density at radius 1 is 1.54 bits per heavy atom. The number of hydrogen-bond acceptors (Lipinski definition) is 7. The summed E-state index contributed by atoms with van der Waals surface area (Å²) in [5, 5.41) is 5.43. The van der Waals surface area contributed by atoms with Crippen molar-refractivity contribution in [2.24, 2.45) is 5.16 Å². The molecule has 9 heteroatoms. The number of nitrogens with zero attached hydrogens (tertiary/aromatic N) is 4. The average molecular weight is 385 g/mol. The van der Waals surface area contributed by atoms with E-state index in [0.717, 1.165) is 5.56 Å². The van der Waals surface area contributed by atoms with Crippen LogP contribution in [-0.4, -0.2) is 47.2 Å². The van der Waals surface area contributed by atoms with Crippen LogP contribution in [0.4, 0.5) is 5.00 Å². The molecule has 0 spiro atoms. The maximum atomic E-state index is 12.8. The third kappa shape index (κ3) is 4.25. The van der Waals surface area contributed by atoms with Crippen molar-refractivity contribution in [3.05, 3.63) is 29.7 Å². The average Bonchev–Trinajstić information content (AvgIpc) is 2.98. The van der Waals surface area contributed by atoms with Gasteiger partial charge in [-0.05, 0) is 25.3 Å². The summed E-state index contributed by atoms with van der Waals surface area (Å²) >= 11 is 9.12. The molecular formula is C15H17ClN4O2S2. The molecule has 128 valence electrons. The highest BCUT2D eigenvalue weighted by molar-refractivity contribution is 7.99.